The Morgan fingerprint density at radius 2 is 2.15 bits per heavy atom. The molecule has 0 saturated heterocycles. The Kier molecular flexibility index (Phi) is 4.28. The quantitative estimate of drug-likeness (QED) is 0.872. The maximum absolute atomic E-state index is 14.0. The Hall–Kier alpha value is -1.62. The summed E-state index contributed by atoms with van der Waals surface area (Å²) < 4.78 is 19.3. The van der Waals surface area contributed by atoms with Gasteiger partial charge in [-0.1, -0.05) is 0 Å². The normalized spacial score (nSPS) is 14.7. The van der Waals surface area contributed by atoms with Crippen molar-refractivity contribution in [2.45, 2.75) is 38.7 Å². The maximum atomic E-state index is 14.0. The molecule has 5 heteroatoms. The number of ether oxygens (including phenoxy) is 1. The molecule has 0 spiro atoms. The number of aryl methyl sites for hydroxylation is 1. The standard InChI is InChI=1S/C15H21FN2O2/c1-15(2,20-3)6-7-17-13-9-12-10(8-11(13)16)4-5-14(19)18-12/h8-9,17H,4-7H2,1-3H3,(H,18,19). The van der Waals surface area contributed by atoms with Gasteiger partial charge < -0.3 is 15.4 Å². The van der Waals surface area contributed by atoms with Crippen molar-refractivity contribution in [3.63, 3.8) is 0 Å². The number of carbonyl (C=O) groups excluding carboxylic acids is 1. The van der Waals surface area contributed by atoms with Gasteiger partial charge in [-0.25, -0.2) is 4.39 Å². The Morgan fingerprint density at radius 3 is 2.85 bits per heavy atom. The summed E-state index contributed by atoms with van der Waals surface area (Å²) in [6.45, 7) is 4.57. The highest BCUT2D eigenvalue weighted by Gasteiger charge is 2.19. The predicted molar refractivity (Wildman–Crippen MR) is 77.5 cm³/mol. The van der Waals surface area contributed by atoms with E-state index in [2.05, 4.69) is 10.6 Å². The molecule has 1 aromatic carbocycles. The van der Waals surface area contributed by atoms with E-state index < -0.39 is 0 Å². The fraction of sp³-hybridized carbons (Fsp3) is 0.533. The number of halogens is 1. The van der Waals surface area contributed by atoms with Crippen LogP contribution in [0.4, 0.5) is 15.8 Å². The Morgan fingerprint density at radius 1 is 1.40 bits per heavy atom. The average molecular weight is 280 g/mol. The molecule has 4 nitrogen and oxygen atoms in total. The molecule has 0 saturated carbocycles. The van der Waals surface area contributed by atoms with Crippen LogP contribution in [0.3, 0.4) is 0 Å². The van der Waals surface area contributed by atoms with Crippen LogP contribution >= 0.6 is 0 Å². The highest BCUT2D eigenvalue weighted by molar-refractivity contribution is 5.94. The van der Waals surface area contributed by atoms with E-state index in [1.54, 1.807) is 13.2 Å². The lowest BCUT2D eigenvalue weighted by Crippen LogP contribution is -2.26. The van der Waals surface area contributed by atoms with Crippen molar-refractivity contribution in [1.29, 1.82) is 0 Å². The average Bonchev–Trinajstić information content (AvgIpc) is 2.40. The fourth-order valence-corrected chi connectivity index (χ4v) is 2.13. The SMILES string of the molecule is COC(C)(C)CCNc1cc2c(cc1F)CCC(=O)N2. The number of hydrogen-bond acceptors (Lipinski definition) is 3. The molecule has 1 aromatic rings. The van der Waals surface area contributed by atoms with E-state index in [1.165, 1.54) is 6.07 Å². The molecule has 110 valence electrons. The van der Waals surface area contributed by atoms with Gasteiger partial charge in [-0.3, -0.25) is 4.79 Å². The number of hydrogen-bond donors (Lipinski definition) is 2. The first-order chi connectivity index (χ1) is 9.41. The lowest BCUT2D eigenvalue weighted by atomic mass is 10.0. The van der Waals surface area contributed by atoms with Crippen LogP contribution in [-0.4, -0.2) is 25.2 Å². The van der Waals surface area contributed by atoms with E-state index >= 15 is 0 Å². The minimum absolute atomic E-state index is 0.0180. The van der Waals surface area contributed by atoms with Gasteiger partial charge in [0.15, 0.2) is 0 Å². The van der Waals surface area contributed by atoms with E-state index in [0.717, 1.165) is 12.0 Å². The molecule has 2 rings (SSSR count). The minimum Gasteiger partial charge on any atom is -0.383 e. The van der Waals surface area contributed by atoms with Gasteiger partial charge in [0.05, 0.1) is 11.3 Å². The van der Waals surface area contributed by atoms with Gasteiger partial charge >= 0.3 is 0 Å². The molecular weight excluding hydrogens is 259 g/mol. The van der Waals surface area contributed by atoms with Crippen LogP contribution in [0.5, 0.6) is 0 Å². The van der Waals surface area contributed by atoms with Crippen LogP contribution in [0.1, 0.15) is 32.3 Å². The van der Waals surface area contributed by atoms with Crippen molar-refractivity contribution in [3.05, 3.63) is 23.5 Å². The van der Waals surface area contributed by atoms with Crippen molar-refractivity contribution in [3.8, 4) is 0 Å². The summed E-state index contributed by atoms with van der Waals surface area (Å²) in [6.07, 6.45) is 1.77. The molecule has 20 heavy (non-hydrogen) atoms. The Labute approximate surface area is 118 Å². The first-order valence-corrected chi connectivity index (χ1v) is 6.82. The lowest BCUT2D eigenvalue weighted by Gasteiger charge is -2.23. The lowest BCUT2D eigenvalue weighted by molar-refractivity contribution is -0.116. The van der Waals surface area contributed by atoms with Gasteiger partial charge in [-0.2, -0.15) is 0 Å². The zero-order chi connectivity index (χ0) is 14.8. The number of methoxy groups -OCH3 is 1. The number of benzene rings is 1. The number of rotatable bonds is 5. The number of amides is 1. The topological polar surface area (TPSA) is 50.4 Å². The van der Waals surface area contributed by atoms with Crippen LogP contribution in [0.15, 0.2) is 12.1 Å². The molecule has 0 unspecified atom stereocenters. The van der Waals surface area contributed by atoms with Crippen LogP contribution in [-0.2, 0) is 16.0 Å². The molecule has 1 heterocycles. The molecule has 0 bridgehead atoms. The zero-order valence-corrected chi connectivity index (χ0v) is 12.2. The minimum atomic E-state index is -0.282. The summed E-state index contributed by atoms with van der Waals surface area (Å²) in [5.41, 5.74) is 1.73. The molecule has 0 atom stereocenters. The van der Waals surface area contributed by atoms with Crippen molar-refractivity contribution >= 4 is 17.3 Å². The van der Waals surface area contributed by atoms with Crippen LogP contribution in [0, 0.1) is 5.82 Å². The second-order valence-corrected chi connectivity index (χ2v) is 5.68. The molecule has 1 aliphatic rings. The molecule has 0 radical (unpaired) electrons. The molecule has 0 fully saturated rings. The van der Waals surface area contributed by atoms with Crippen LogP contribution in [0.25, 0.3) is 0 Å². The smallest absolute Gasteiger partial charge is 0.224 e. The van der Waals surface area contributed by atoms with Crippen molar-refractivity contribution in [2.75, 3.05) is 24.3 Å². The van der Waals surface area contributed by atoms with Gasteiger partial charge in [-0.05, 0) is 44.4 Å². The van der Waals surface area contributed by atoms with Gasteiger partial charge in [0, 0.05) is 25.8 Å². The largest absolute Gasteiger partial charge is 0.383 e. The Bertz CT molecular complexity index is 515. The van der Waals surface area contributed by atoms with Crippen LogP contribution < -0.4 is 10.6 Å². The summed E-state index contributed by atoms with van der Waals surface area (Å²) in [4.78, 5) is 11.4. The summed E-state index contributed by atoms with van der Waals surface area (Å²) in [5.74, 6) is -0.300. The van der Waals surface area contributed by atoms with E-state index in [0.29, 0.717) is 30.8 Å². The zero-order valence-electron chi connectivity index (χ0n) is 12.2. The van der Waals surface area contributed by atoms with E-state index in [9.17, 15) is 9.18 Å². The second-order valence-electron chi connectivity index (χ2n) is 5.68. The molecule has 1 aliphatic heterocycles. The monoisotopic (exact) mass is 280 g/mol. The van der Waals surface area contributed by atoms with Gasteiger partial charge in [0.1, 0.15) is 5.82 Å². The van der Waals surface area contributed by atoms with Crippen LogP contribution in [0.2, 0.25) is 0 Å². The first kappa shape index (κ1) is 14.8. The fourth-order valence-electron chi connectivity index (χ4n) is 2.13. The van der Waals surface area contributed by atoms with Gasteiger partial charge in [0.2, 0.25) is 5.91 Å². The summed E-state index contributed by atoms with van der Waals surface area (Å²) in [5, 5.41) is 5.84. The molecule has 1 amide bonds. The van der Waals surface area contributed by atoms with Crippen molar-refractivity contribution in [2.24, 2.45) is 0 Å². The Balaban J connectivity index is 2.05. The third-order valence-corrected chi connectivity index (χ3v) is 3.68. The number of carbonyl (C=O) groups is 1. The highest BCUT2D eigenvalue weighted by atomic mass is 19.1. The molecular formula is C15H21FN2O2. The van der Waals surface area contributed by atoms with E-state index in [4.69, 9.17) is 4.74 Å². The number of nitrogens with one attached hydrogen (secondary N) is 2. The van der Waals surface area contributed by atoms with E-state index in [-0.39, 0.29) is 17.3 Å². The summed E-state index contributed by atoms with van der Waals surface area (Å²) >= 11 is 0. The maximum Gasteiger partial charge on any atom is 0.224 e. The molecule has 2 N–H and O–H groups in total. The van der Waals surface area contributed by atoms with Gasteiger partial charge in [0.25, 0.3) is 0 Å². The molecule has 0 aromatic heterocycles. The first-order valence-electron chi connectivity index (χ1n) is 6.82. The van der Waals surface area contributed by atoms with Crippen molar-refractivity contribution in [1.82, 2.24) is 0 Å². The summed E-state index contributed by atoms with van der Waals surface area (Å²) in [7, 11) is 1.66. The third-order valence-electron chi connectivity index (χ3n) is 3.68. The molecule has 0 aliphatic carbocycles. The number of fused-ring (bicyclic) bond motifs is 1. The predicted octanol–water partition coefficient (Wildman–Crippen LogP) is 2.94. The number of anilines is 2. The highest BCUT2D eigenvalue weighted by Crippen LogP contribution is 2.28. The second kappa shape index (κ2) is 5.79. The van der Waals surface area contributed by atoms with Crippen molar-refractivity contribution < 1.29 is 13.9 Å². The summed E-state index contributed by atoms with van der Waals surface area (Å²) in [6, 6.07) is 3.17. The third kappa shape index (κ3) is 3.48. The van der Waals surface area contributed by atoms with Gasteiger partial charge in [-0.15, -0.1) is 0 Å². The van der Waals surface area contributed by atoms with E-state index in [1.807, 2.05) is 13.8 Å².